The van der Waals surface area contributed by atoms with E-state index in [0.717, 1.165) is 0 Å². The van der Waals surface area contributed by atoms with Gasteiger partial charge in [-0.15, -0.1) is 0 Å². The molecule has 0 aliphatic heterocycles. The van der Waals surface area contributed by atoms with Gasteiger partial charge >= 0.3 is 0 Å². The molecule has 1 unspecified atom stereocenters. The summed E-state index contributed by atoms with van der Waals surface area (Å²) in [6.45, 7) is 4.49. The number of nitrogens with zero attached hydrogens (tertiary/aromatic N) is 1. The van der Waals surface area contributed by atoms with E-state index in [0.29, 0.717) is 23.7 Å². The predicted molar refractivity (Wildman–Crippen MR) is 116 cm³/mol. The van der Waals surface area contributed by atoms with Gasteiger partial charge in [0.05, 0.1) is 23.8 Å². The SMILES string of the molecule is CCCCCC(C)O[C@H]1CC[C@H](c2ccc(-c3ccc(C#N)cc3)cc2)CC1. The van der Waals surface area contributed by atoms with Crippen molar-refractivity contribution >= 4 is 0 Å². The highest BCUT2D eigenvalue weighted by Gasteiger charge is 2.24. The van der Waals surface area contributed by atoms with E-state index in [2.05, 4.69) is 44.2 Å². The van der Waals surface area contributed by atoms with Gasteiger partial charge in [-0.3, -0.25) is 0 Å². The van der Waals surface area contributed by atoms with E-state index in [1.54, 1.807) is 0 Å². The quantitative estimate of drug-likeness (QED) is 0.456. The van der Waals surface area contributed by atoms with Gasteiger partial charge in [0.1, 0.15) is 0 Å². The van der Waals surface area contributed by atoms with Crippen LogP contribution in [0.4, 0.5) is 0 Å². The molecule has 0 spiro atoms. The molecule has 2 aromatic rings. The van der Waals surface area contributed by atoms with Crippen molar-refractivity contribution in [3.05, 3.63) is 59.7 Å². The van der Waals surface area contributed by atoms with Crippen LogP contribution in [0.3, 0.4) is 0 Å². The molecule has 3 rings (SSSR count). The molecule has 0 bridgehead atoms. The lowest BCUT2D eigenvalue weighted by Crippen LogP contribution is -2.25. The summed E-state index contributed by atoms with van der Waals surface area (Å²) in [5.41, 5.74) is 4.54. The van der Waals surface area contributed by atoms with Gasteiger partial charge in [-0.25, -0.2) is 0 Å². The fourth-order valence-electron chi connectivity index (χ4n) is 4.30. The molecule has 1 fully saturated rings. The zero-order valence-corrected chi connectivity index (χ0v) is 17.4. The van der Waals surface area contributed by atoms with Crippen LogP contribution in [-0.2, 0) is 4.74 Å². The Hall–Kier alpha value is -2.11. The number of hydrogen-bond acceptors (Lipinski definition) is 2. The first kappa shape index (κ1) is 20.6. The van der Waals surface area contributed by atoms with Crippen LogP contribution in [0.2, 0.25) is 0 Å². The summed E-state index contributed by atoms with van der Waals surface area (Å²) < 4.78 is 6.29. The third-order valence-electron chi connectivity index (χ3n) is 6.04. The van der Waals surface area contributed by atoms with Crippen molar-refractivity contribution in [3.8, 4) is 17.2 Å². The van der Waals surface area contributed by atoms with Gasteiger partial charge in [0, 0.05) is 0 Å². The predicted octanol–water partition coefficient (Wildman–Crippen LogP) is 7.24. The van der Waals surface area contributed by atoms with Crippen LogP contribution in [0.15, 0.2) is 48.5 Å². The molecule has 0 radical (unpaired) electrons. The van der Waals surface area contributed by atoms with Crippen LogP contribution in [0.5, 0.6) is 0 Å². The second-order valence-electron chi connectivity index (χ2n) is 8.23. The molecule has 148 valence electrons. The highest BCUT2D eigenvalue weighted by Crippen LogP contribution is 2.35. The molecule has 1 saturated carbocycles. The summed E-state index contributed by atoms with van der Waals surface area (Å²) in [5, 5.41) is 8.94. The zero-order valence-electron chi connectivity index (χ0n) is 17.4. The van der Waals surface area contributed by atoms with Crippen molar-refractivity contribution in [1.29, 1.82) is 5.26 Å². The van der Waals surface area contributed by atoms with E-state index in [1.165, 1.54) is 68.1 Å². The maximum Gasteiger partial charge on any atom is 0.0991 e. The fraction of sp³-hybridized carbons (Fsp3) is 0.500. The number of unbranched alkanes of at least 4 members (excludes halogenated alkanes) is 2. The third kappa shape index (κ3) is 5.69. The first-order valence-corrected chi connectivity index (χ1v) is 11.0. The van der Waals surface area contributed by atoms with Crippen LogP contribution in [0, 0.1) is 11.3 Å². The van der Waals surface area contributed by atoms with Crippen LogP contribution in [0.25, 0.3) is 11.1 Å². The highest BCUT2D eigenvalue weighted by molar-refractivity contribution is 5.64. The zero-order chi connectivity index (χ0) is 19.8. The molecular formula is C26H33NO. The third-order valence-corrected chi connectivity index (χ3v) is 6.04. The van der Waals surface area contributed by atoms with Gasteiger partial charge in [-0.2, -0.15) is 5.26 Å². The summed E-state index contributed by atoms with van der Waals surface area (Å²) in [7, 11) is 0. The number of nitriles is 1. The Morgan fingerprint density at radius 2 is 1.54 bits per heavy atom. The fourth-order valence-corrected chi connectivity index (χ4v) is 4.30. The van der Waals surface area contributed by atoms with Crippen molar-refractivity contribution in [1.82, 2.24) is 0 Å². The second-order valence-corrected chi connectivity index (χ2v) is 8.23. The summed E-state index contributed by atoms with van der Waals surface area (Å²) in [4.78, 5) is 0. The van der Waals surface area contributed by atoms with Gasteiger partial charge in [0.2, 0.25) is 0 Å². The van der Waals surface area contributed by atoms with Gasteiger partial charge in [-0.1, -0.05) is 62.6 Å². The van der Waals surface area contributed by atoms with Gasteiger partial charge < -0.3 is 4.74 Å². The van der Waals surface area contributed by atoms with E-state index >= 15 is 0 Å². The molecule has 0 N–H and O–H groups in total. The maximum absolute atomic E-state index is 8.94. The smallest absolute Gasteiger partial charge is 0.0991 e. The number of hydrogen-bond donors (Lipinski definition) is 0. The molecule has 2 heteroatoms. The van der Waals surface area contributed by atoms with E-state index in [-0.39, 0.29) is 0 Å². The number of rotatable bonds is 8. The maximum atomic E-state index is 8.94. The molecule has 1 aliphatic rings. The van der Waals surface area contributed by atoms with E-state index in [4.69, 9.17) is 10.00 Å². The van der Waals surface area contributed by atoms with Crippen molar-refractivity contribution in [2.24, 2.45) is 0 Å². The first-order valence-electron chi connectivity index (χ1n) is 11.0. The van der Waals surface area contributed by atoms with Crippen molar-refractivity contribution in [3.63, 3.8) is 0 Å². The van der Waals surface area contributed by atoms with Crippen molar-refractivity contribution < 1.29 is 4.74 Å². The lowest BCUT2D eigenvalue weighted by Gasteiger charge is -2.31. The van der Waals surface area contributed by atoms with Crippen LogP contribution < -0.4 is 0 Å². The van der Waals surface area contributed by atoms with Crippen molar-refractivity contribution in [2.45, 2.75) is 83.3 Å². The van der Waals surface area contributed by atoms with E-state index < -0.39 is 0 Å². The molecular weight excluding hydrogens is 342 g/mol. The largest absolute Gasteiger partial charge is 0.375 e. The lowest BCUT2D eigenvalue weighted by molar-refractivity contribution is -0.0276. The van der Waals surface area contributed by atoms with Gasteiger partial charge in [0.15, 0.2) is 0 Å². The topological polar surface area (TPSA) is 33.0 Å². The molecule has 2 aromatic carbocycles. The normalized spacial score (nSPS) is 20.5. The molecule has 0 aromatic heterocycles. The minimum absolute atomic E-state index is 0.403. The first-order chi connectivity index (χ1) is 13.7. The Morgan fingerprint density at radius 3 is 2.11 bits per heavy atom. The van der Waals surface area contributed by atoms with Crippen LogP contribution in [-0.4, -0.2) is 12.2 Å². The molecule has 0 saturated heterocycles. The monoisotopic (exact) mass is 375 g/mol. The average Bonchev–Trinajstić information content (AvgIpc) is 2.75. The van der Waals surface area contributed by atoms with Gasteiger partial charge in [-0.05, 0) is 73.8 Å². The second kappa shape index (κ2) is 10.4. The van der Waals surface area contributed by atoms with Gasteiger partial charge in [0.25, 0.3) is 0 Å². The molecule has 1 atom stereocenters. The highest BCUT2D eigenvalue weighted by atomic mass is 16.5. The summed E-state index contributed by atoms with van der Waals surface area (Å²) in [6, 6.07) is 19.0. The Morgan fingerprint density at radius 1 is 0.929 bits per heavy atom. The Labute approximate surface area is 170 Å². The summed E-state index contributed by atoms with van der Waals surface area (Å²) >= 11 is 0. The molecule has 0 amide bonds. The average molecular weight is 376 g/mol. The number of benzene rings is 2. The minimum atomic E-state index is 0.403. The molecule has 28 heavy (non-hydrogen) atoms. The molecule has 0 heterocycles. The molecule has 1 aliphatic carbocycles. The van der Waals surface area contributed by atoms with Crippen molar-refractivity contribution in [2.75, 3.05) is 0 Å². The summed E-state index contributed by atoms with van der Waals surface area (Å²) in [6.07, 6.45) is 10.8. The van der Waals surface area contributed by atoms with Crippen LogP contribution >= 0.6 is 0 Å². The Kier molecular flexibility index (Phi) is 7.69. The summed E-state index contributed by atoms with van der Waals surface area (Å²) in [5.74, 6) is 0.658. The lowest BCUT2D eigenvalue weighted by atomic mass is 9.82. The van der Waals surface area contributed by atoms with Crippen LogP contribution in [0.1, 0.15) is 82.3 Å². The Bertz CT molecular complexity index is 749. The Balaban J connectivity index is 1.50. The van der Waals surface area contributed by atoms with E-state index in [1.807, 2.05) is 24.3 Å². The number of ether oxygens (including phenoxy) is 1. The standard InChI is InChI=1S/C26H33NO/c1-3-4-5-6-20(2)28-26-17-15-25(16-18-26)24-13-11-23(12-14-24)22-9-7-21(19-27)8-10-22/h7-14,20,25-26H,3-6,15-18H2,1-2H3/t20?,25-,26-. The minimum Gasteiger partial charge on any atom is -0.375 e. The molecule has 2 nitrogen and oxygen atoms in total. The van der Waals surface area contributed by atoms with E-state index in [9.17, 15) is 0 Å².